The number of esters is 2. The van der Waals surface area contributed by atoms with Crippen LogP contribution in [0.2, 0.25) is 0 Å². The van der Waals surface area contributed by atoms with E-state index in [2.05, 4.69) is 11.7 Å². The van der Waals surface area contributed by atoms with Crippen LogP contribution < -0.4 is 0 Å². The first-order valence-electron chi connectivity index (χ1n) is 4.42. The van der Waals surface area contributed by atoms with E-state index in [1.54, 1.807) is 20.8 Å². The summed E-state index contributed by atoms with van der Waals surface area (Å²) in [6.45, 7) is 8.73. The number of carbonyl (C=O) groups excluding carboxylic acids is 2. The number of unbranched alkanes of at least 4 members (excludes halogenated alkanes) is 1. The molecule has 3 nitrogen and oxygen atoms in total. The Labute approximate surface area is 79.5 Å². The van der Waals surface area contributed by atoms with Crippen molar-refractivity contribution in [2.24, 2.45) is 5.41 Å². The number of hydrogen-bond acceptors (Lipinski definition) is 3. The Morgan fingerprint density at radius 3 is 2.23 bits per heavy atom. The lowest BCUT2D eigenvalue weighted by atomic mass is 9.97. The Morgan fingerprint density at radius 1 is 1.31 bits per heavy atom. The summed E-state index contributed by atoms with van der Waals surface area (Å²) < 4.78 is 4.61. The minimum atomic E-state index is -0.611. The van der Waals surface area contributed by atoms with Crippen LogP contribution >= 0.6 is 0 Å². The second-order valence-corrected chi connectivity index (χ2v) is 3.97. The van der Waals surface area contributed by atoms with Crippen LogP contribution in [0.1, 0.15) is 40.0 Å². The highest BCUT2D eigenvalue weighted by Crippen LogP contribution is 2.15. The molecule has 0 aliphatic heterocycles. The first-order chi connectivity index (χ1) is 5.88. The molecule has 75 valence electrons. The summed E-state index contributed by atoms with van der Waals surface area (Å²) in [5, 5.41) is 0. The highest BCUT2D eigenvalue weighted by Gasteiger charge is 2.25. The Balaban J connectivity index is 3.86. The molecule has 0 aliphatic carbocycles. The minimum Gasteiger partial charge on any atom is -0.393 e. The van der Waals surface area contributed by atoms with Gasteiger partial charge in [0.1, 0.15) is 0 Å². The van der Waals surface area contributed by atoms with E-state index >= 15 is 0 Å². The van der Waals surface area contributed by atoms with Crippen LogP contribution in [0, 0.1) is 12.3 Å². The zero-order chi connectivity index (χ0) is 10.5. The highest BCUT2D eigenvalue weighted by molar-refractivity contribution is 5.88. The van der Waals surface area contributed by atoms with E-state index in [0.29, 0.717) is 12.8 Å². The zero-order valence-corrected chi connectivity index (χ0v) is 8.55. The Bertz CT molecular complexity index is 189. The minimum absolute atomic E-state index is 0.269. The number of ether oxygens (including phenoxy) is 1. The van der Waals surface area contributed by atoms with Crippen molar-refractivity contribution in [3.05, 3.63) is 6.92 Å². The molecule has 0 spiro atoms. The van der Waals surface area contributed by atoms with E-state index in [0.717, 1.165) is 0 Å². The zero-order valence-electron chi connectivity index (χ0n) is 8.55. The van der Waals surface area contributed by atoms with Gasteiger partial charge in [-0.05, 0) is 27.2 Å². The molecule has 0 aromatic carbocycles. The van der Waals surface area contributed by atoms with Crippen LogP contribution in [0.3, 0.4) is 0 Å². The SMILES string of the molecule is [CH2]CCCC(=O)OC(=O)C(C)(C)C. The van der Waals surface area contributed by atoms with Crippen molar-refractivity contribution in [1.82, 2.24) is 0 Å². The standard InChI is InChI=1S/C10H17O3/c1-5-6-7-8(11)13-9(12)10(2,3)4/h1,5-7H2,2-4H3. The second-order valence-electron chi connectivity index (χ2n) is 3.97. The average molecular weight is 185 g/mol. The van der Waals surface area contributed by atoms with Crippen LogP contribution in [-0.2, 0) is 14.3 Å². The molecule has 13 heavy (non-hydrogen) atoms. The molecule has 3 heteroatoms. The molecule has 0 aliphatic rings. The highest BCUT2D eigenvalue weighted by atomic mass is 16.6. The molecular weight excluding hydrogens is 168 g/mol. The van der Waals surface area contributed by atoms with E-state index in [4.69, 9.17) is 0 Å². The third-order valence-corrected chi connectivity index (χ3v) is 1.45. The maximum absolute atomic E-state index is 11.2. The molecule has 0 rings (SSSR count). The van der Waals surface area contributed by atoms with Gasteiger partial charge in [-0.15, -0.1) is 0 Å². The van der Waals surface area contributed by atoms with Crippen LogP contribution in [0.25, 0.3) is 0 Å². The molecule has 0 fully saturated rings. The summed E-state index contributed by atoms with van der Waals surface area (Å²) in [6.07, 6.45) is 1.61. The van der Waals surface area contributed by atoms with Gasteiger partial charge in [-0.3, -0.25) is 9.59 Å². The molecule has 0 amide bonds. The third-order valence-electron chi connectivity index (χ3n) is 1.45. The third kappa shape index (κ3) is 5.39. The van der Waals surface area contributed by atoms with E-state index in [9.17, 15) is 9.59 Å². The fourth-order valence-corrected chi connectivity index (χ4v) is 0.577. The van der Waals surface area contributed by atoms with Crippen molar-refractivity contribution in [3.63, 3.8) is 0 Å². The predicted molar refractivity (Wildman–Crippen MR) is 49.8 cm³/mol. The van der Waals surface area contributed by atoms with Gasteiger partial charge in [-0.25, -0.2) is 0 Å². The van der Waals surface area contributed by atoms with E-state index in [-0.39, 0.29) is 6.42 Å². The molecule has 1 radical (unpaired) electrons. The van der Waals surface area contributed by atoms with Gasteiger partial charge in [0.15, 0.2) is 0 Å². The first kappa shape index (κ1) is 12.1. The number of rotatable bonds is 3. The van der Waals surface area contributed by atoms with E-state index in [1.807, 2.05) is 0 Å². The van der Waals surface area contributed by atoms with Gasteiger partial charge in [0.2, 0.25) is 0 Å². The van der Waals surface area contributed by atoms with Crippen LogP contribution in [0.4, 0.5) is 0 Å². The largest absolute Gasteiger partial charge is 0.393 e. The van der Waals surface area contributed by atoms with Gasteiger partial charge in [-0.2, -0.15) is 0 Å². The smallest absolute Gasteiger partial charge is 0.318 e. The van der Waals surface area contributed by atoms with Gasteiger partial charge in [0.05, 0.1) is 5.41 Å². The summed E-state index contributed by atoms with van der Waals surface area (Å²) in [5.41, 5.74) is -0.611. The molecule has 0 unspecified atom stereocenters. The molecule has 0 heterocycles. The quantitative estimate of drug-likeness (QED) is 0.499. The second kappa shape index (κ2) is 5.00. The topological polar surface area (TPSA) is 43.4 Å². The molecule has 0 bridgehead atoms. The summed E-state index contributed by atoms with van der Waals surface area (Å²) in [5.74, 6) is -0.926. The summed E-state index contributed by atoms with van der Waals surface area (Å²) in [7, 11) is 0. The molecule has 0 N–H and O–H groups in total. The summed E-state index contributed by atoms with van der Waals surface area (Å²) >= 11 is 0. The lowest BCUT2D eigenvalue weighted by Gasteiger charge is -2.14. The van der Waals surface area contributed by atoms with Crippen LogP contribution in [0.15, 0.2) is 0 Å². The fourth-order valence-electron chi connectivity index (χ4n) is 0.577. The van der Waals surface area contributed by atoms with E-state index < -0.39 is 17.4 Å². The van der Waals surface area contributed by atoms with Gasteiger partial charge in [0.25, 0.3) is 0 Å². The number of carbonyl (C=O) groups is 2. The first-order valence-corrected chi connectivity index (χ1v) is 4.42. The van der Waals surface area contributed by atoms with Crippen molar-refractivity contribution in [3.8, 4) is 0 Å². The van der Waals surface area contributed by atoms with Crippen LogP contribution in [-0.4, -0.2) is 11.9 Å². The average Bonchev–Trinajstić information content (AvgIpc) is 1.99. The van der Waals surface area contributed by atoms with Gasteiger partial charge in [0, 0.05) is 6.42 Å². The predicted octanol–water partition coefficient (Wildman–Crippen LogP) is 2.11. The monoisotopic (exact) mass is 185 g/mol. The van der Waals surface area contributed by atoms with Crippen LogP contribution in [0.5, 0.6) is 0 Å². The number of hydrogen-bond donors (Lipinski definition) is 0. The Kier molecular flexibility index (Phi) is 4.67. The lowest BCUT2D eigenvalue weighted by molar-refractivity contribution is -0.165. The van der Waals surface area contributed by atoms with Crippen molar-refractivity contribution in [1.29, 1.82) is 0 Å². The lowest BCUT2D eigenvalue weighted by Crippen LogP contribution is -2.25. The van der Waals surface area contributed by atoms with Gasteiger partial charge in [-0.1, -0.05) is 13.3 Å². The fraction of sp³-hybridized carbons (Fsp3) is 0.700. The van der Waals surface area contributed by atoms with Crippen molar-refractivity contribution < 1.29 is 14.3 Å². The van der Waals surface area contributed by atoms with Crippen molar-refractivity contribution >= 4 is 11.9 Å². The Morgan fingerprint density at radius 2 is 1.85 bits per heavy atom. The maximum Gasteiger partial charge on any atom is 0.318 e. The van der Waals surface area contributed by atoms with Gasteiger partial charge >= 0.3 is 11.9 Å². The van der Waals surface area contributed by atoms with Gasteiger partial charge < -0.3 is 4.74 Å². The molecule has 0 aromatic heterocycles. The molecule has 0 atom stereocenters. The summed E-state index contributed by atoms with van der Waals surface area (Å²) in [6, 6.07) is 0. The molecule has 0 saturated heterocycles. The van der Waals surface area contributed by atoms with Crippen molar-refractivity contribution in [2.45, 2.75) is 40.0 Å². The van der Waals surface area contributed by atoms with E-state index in [1.165, 1.54) is 0 Å². The maximum atomic E-state index is 11.2. The molecule has 0 aromatic rings. The summed E-state index contributed by atoms with van der Waals surface area (Å²) in [4.78, 5) is 22.2. The molecule has 0 saturated carbocycles. The Hall–Kier alpha value is -0.860. The van der Waals surface area contributed by atoms with Crippen molar-refractivity contribution in [2.75, 3.05) is 0 Å². The molecular formula is C10H17O3. The normalized spacial score (nSPS) is 11.1.